The quantitative estimate of drug-likeness (QED) is 0.824. The third-order valence-corrected chi connectivity index (χ3v) is 5.15. The molecule has 0 aliphatic carbocycles. The molecule has 0 bridgehead atoms. The average molecular weight is 360 g/mol. The summed E-state index contributed by atoms with van der Waals surface area (Å²) in [4.78, 5) is 14.9. The molecule has 1 aliphatic rings. The Morgan fingerprint density at radius 1 is 1.28 bits per heavy atom. The van der Waals surface area contributed by atoms with Crippen LogP contribution in [0.5, 0.6) is 11.5 Å². The summed E-state index contributed by atoms with van der Waals surface area (Å²) in [7, 11) is 0. The zero-order valence-electron chi connectivity index (χ0n) is 14.6. The van der Waals surface area contributed by atoms with Crippen molar-refractivity contribution in [2.45, 2.75) is 26.0 Å². The number of amides is 1. The lowest BCUT2D eigenvalue weighted by molar-refractivity contribution is -0.130. The molecule has 2 aromatic rings. The molecule has 1 amide bonds. The number of benzene rings is 1. The van der Waals surface area contributed by atoms with Gasteiger partial charge in [-0.15, -0.1) is 0 Å². The lowest BCUT2D eigenvalue weighted by Crippen LogP contribution is -2.46. The van der Waals surface area contributed by atoms with Crippen molar-refractivity contribution in [2.75, 3.05) is 26.2 Å². The van der Waals surface area contributed by atoms with Gasteiger partial charge in [-0.25, -0.2) is 0 Å². The predicted molar refractivity (Wildman–Crippen MR) is 99.3 cm³/mol. The molecule has 1 aromatic carbocycles. The van der Waals surface area contributed by atoms with Crippen LogP contribution in [0.3, 0.4) is 0 Å². The minimum atomic E-state index is -0.616. The van der Waals surface area contributed by atoms with Gasteiger partial charge in [0, 0.05) is 6.54 Å². The van der Waals surface area contributed by atoms with E-state index in [0.717, 1.165) is 13.1 Å². The summed E-state index contributed by atoms with van der Waals surface area (Å²) in [5, 5.41) is 7.26. The first-order valence-electron chi connectivity index (χ1n) is 8.65. The van der Waals surface area contributed by atoms with Crippen molar-refractivity contribution < 1.29 is 14.3 Å². The van der Waals surface area contributed by atoms with Gasteiger partial charge >= 0.3 is 0 Å². The number of para-hydroxylation sites is 2. The van der Waals surface area contributed by atoms with Crippen molar-refractivity contribution in [2.24, 2.45) is 0 Å². The molecule has 1 N–H and O–H groups in total. The Morgan fingerprint density at radius 2 is 2.04 bits per heavy atom. The monoisotopic (exact) mass is 360 g/mol. The van der Waals surface area contributed by atoms with Crippen LogP contribution >= 0.6 is 11.3 Å². The van der Waals surface area contributed by atoms with Gasteiger partial charge in [0.25, 0.3) is 5.91 Å². The van der Waals surface area contributed by atoms with Crippen molar-refractivity contribution in [1.29, 1.82) is 0 Å². The molecule has 2 atom stereocenters. The van der Waals surface area contributed by atoms with Gasteiger partial charge in [0.15, 0.2) is 11.5 Å². The topological polar surface area (TPSA) is 50.8 Å². The fourth-order valence-corrected chi connectivity index (χ4v) is 3.75. The Kier molecular flexibility index (Phi) is 5.94. The van der Waals surface area contributed by atoms with E-state index in [4.69, 9.17) is 9.47 Å². The smallest absolute Gasteiger partial charge is 0.264 e. The van der Waals surface area contributed by atoms with E-state index < -0.39 is 6.10 Å². The Labute approximate surface area is 152 Å². The number of fused-ring (bicyclic) bond motifs is 1. The zero-order valence-corrected chi connectivity index (χ0v) is 15.4. The number of nitrogens with one attached hydrogen (secondary N) is 1. The van der Waals surface area contributed by atoms with Gasteiger partial charge in [0.1, 0.15) is 6.61 Å². The Morgan fingerprint density at radius 3 is 2.72 bits per heavy atom. The molecule has 134 valence electrons. The van der Waals surface area contributed by atoms with Gasteiger partial charge in [0.05, 0.1) is 6.04 Å². The summed E-state index contributed by atoms with van der Waals surface area (Å²) < 4.78 is 11.4. The lowest BCUT2D eigenvalue weighted by atomic mass is 10.1. The van der Waals surface area contributed by atoms with E-state index in [1.807, 2.05) is 24.3 Å². The summed E-state index contributed by atoms with van der Waals surface area (Å²) >= 11 is 1.68. The number of likely N-dealkylation sites (N-methyl/N-ethyl adjacent to an activating group) is 1. The van der Waals surface area contributed by atoms with Crippen LogP contribution in [-0.4, -0.2) is 43.2 Å². The van der Waals surface area contributed by atoms with E-state index >= 15 is 0 Å². The minimum absolute atomic E-state index is 0.137. The first-order valence-corrected chi connectivity index (χ1v) is 9.59. The predicted octanol–water partition coefficient (Wildman–Crippen LogP) is 3.09. The van der Waals surface area contributed by atoms with Gasteiger partial charge in [-0.1, -0.05) is 26.0 Å². The van der Waals surface area contributed by atoms with Crippen molar-refractivity contribution in [1.82, 2.24) is 10.2 Å². The van der Waals surface area contributed by atoms with E-state index in [-0.39, 0.29) is 18.6 Å². The minimum Gasteiger partial charge on any atom is -0.485 e. The second kappa shape index (κ2) is 8.36. The van der Waals surface area contributed by atoms with Gasteiger partial charge in [0.2, 0.25) is 6.10 Å². The fraction of sp³-hybridized carbons (Fsp3) is 0.421. The molecule has 1 aliphatic heterocycles. The van der Waals surface area contributed by atoms with Crippen molar-refractivity contribution >= 4 is 17.2 Å². The lowest BCUT2D eigenvalue weighted by Gasteiger charge is -2.31. The Hall–Kier alpha value is -2.05. The van der Waals surface area contributed by atoms with Crippen molar-refractivity contribution in [3.63, 3.8) is 0 Å². The molecule has 0 spiro atoms. The second-order valence-electron chi connectivity index (χ2n) is 5.90. The molecule has 25 heavy (non-hydrogen) atoms. The van der Waals surface area contributed by atoms with Gasteiger partial charge in [-0.05, 0) is 47.6 Å². The van der Waals surface area contributed by atoms with E-state index in [1.54, 1.807) is 11.3 Å². The van der Waals surface area contributed by atoms with Crippen molar-refractivity contribution in [3.8, 4) is 11.5 Å². The molecule has 2 heterocycles. The highest BCUT2D eigenvalue weighted by Crippen LogP contribution is 2.31. The SMILES string of the molecule is CCN(CC)[C@@H](CNC(=O)[C@H]1COc2ccccc2O1)c1ccsc1. The third-order valence-electron chi connectivity index (χ3n) is 4.45. The number of hydrogen-bond acceptors (Lipinski definition) is 5. The maximum absolute atomic E-state index is 12.5. The maximum atomic E-state index is 12.5. The first-order chi connectivity index (χ1) is 12.2. The van der Waals surface area contributed by atoms with E-state index in [0.29, 0.717) is 18.0 Å². The van der Waals surface area contributed by atoms with Crippen LogP contribution < -0.4 is 14.8 Å². The highest BCUT2D eigenvalue weighted by atomic mass is 32.1. The molecule has 0 radical (unpaired) electrons. The number of ether oxygens (including phenoxy) is 2. The summed E-state index contributed by atoms with van der Waals surface area (Å²) in [5.41, 5.74) is 1.24. The summed E-state index contributed by atoms with van der Waals surface area (Å²) in [6, 6.07) is 9.71. The first kappa shape index (κ1) is 17.8. The average Bonchev–Trinajstić information content (AvgIpc) is 3.18. The Balaban J connectivity index is 1.62. The van der Waals surface area contributed by atoms with E-state index in [1.165, 1.54) is 5.56 Å². The molecule has 5 nitrogen and oxygen atoms in total. The molecular weight excluding hydrogens is 336 g/mol. The van der Waals surface area contributed by atoms with Gasteiger partial charge < -0.3 is 14.8 Å². The number of rotatable bonds is 7. The molecule has 3 rings (SSSR count). The largest absolute Gasteiger partial charge is 0.485 e. The van der Waals surface area contributed by atoms with Crippen LogP contribution in [-0.2, 0) is 4.79 Å². The van der Waals surface area contributed by atoms with Crippen LogP contribution in [0.15, 0.2) is 41.1 Å². The molecule has 0 saturated heterocycles. The molecule has 0 unspecified atom stereocenters. The molecular formula is C19H24N2O3S. The number of nitrogens with zero attached hydrogens (tertiary/aromatic N) is 1. The molecule has 1 aromatic heterocycles. The highest BCUT2D eigenvalue weighted by molar-refractivity contribution is 7.07. The Bertz CT molecular complexity index is 686. The zero-order chi connectivity index (χ0) is 17.6. The number of hydrogen-bond donors (Lipinski definition) is 1. The summed E-state index contributed by atoms with van der Waals surface area (Å²) in [6.07, 6.45) is -0.616. The summed E-state index contributed by atoms with van der Waals surface area (Å²) in [5.74, 6) is 1.17. The van der Waals surface area contributed by atoms with E-state index in [2.05, 4.69) is 40.9 Å². The number of thiophene rings is 1. The number of carbonyl (C=O) groups is 1. The van der Waals surface area contributed by atoms with Crippen LogP contribution in [0.25, 0.3) is 0 Å². The maximum Gasteiger partial charge on any atom is 0.264 e. The standard InChI is InChI=1S/C19H24N2O3S/c1-3-21(4-2)15(14-9-10-25-13-14)11-20-19(22)18-12-23-16-7-5-6-8-17(16)24-18/h5-10,13,15,18H,3-4,11-12H2,1-2H3,(H,20,22)/t15-,18+/m0/s1. The van der Waals surface area contributed by atoms with Crippen LogP contribution in [0.4, 0.5) is 0 Å². The third kappa shape index (κ3) is 4.14. The normalized spacial score (nSPS) is 17.3. The van der Waals surface area contributed by atoms with Crippen LogP contribution in [0.1, 0.15) is 25.5 Å². The second-order valence-corrected chi connectivity index (χ2v) is 6.68. The molecule has 6 heteroatoms. The van der Waals surface area contributed by atoms with Crippen LogP contribution in [0.2, 0.25) is 0 Å². The molecule has 0 saturated carbocycles. The van der Waals surface area contributed by atoms with Crippen molar-refractivity contribution in [3.05, 3.63) is 46.7 Å². The van der Waals surface area contributed by atoms with E-state index in [9.17, 15) is 4.79 Å². The van der Waals surface area contributed by atoms with Crippen LogP contribution in [0, 0.1) is 0 Å². The van der Waals surface area contributed by atoms with Gasteiger partial charge in [-0.2, -0.15) is 11.3 Å². The number of carbonyl (C=O) groups excluding carboxylic acids is 1. The highest BCUT2D eigenvalue weighted by Gasteiger charge is 2.28. The fourth-order valence-electron chi connectivity index (χ4n) is 3.05. The molecule has 0 fully saturated rings. The summed E-state index contributed by atoms with van der Waals surface area (Å²) in [6.45, 7) is 6.93. The van der Waals surface area contributed by atoms with Gasteiger partial charge in [-0.3, -0.25) is 9.69 Å².